The number of nitrogens with one attached hydrogen (secondary N) is 1. The molecule has 3 rings (SSSR count). The largest absolute Gasteiger partial charge is 0.465 e. The van der Waals surface area contributed by atoms with Crippen LogP contribution in [0.15, 0.2) is 6.07 Å². The van der Waals surface area contributed by atoms with Crippen LogP contribution >= 0.6 is 11.3 Å². The molecule has 0 amide bonds. The second kappa shape index (κ2) is 7.07. The number of esters is 2. The lowest BCUT2D eigenvalue weighted by Gasteiger charge is -2.11. The Labute approximate surface area is 155 Å². The van der Waals surface area contributed by atoms with Crippen LogP contribution in [0, 0.1) is 13.8 Å². The first kappa shape index (κ1) is 18.4. The Bertz CT molecular complexity index is 871. The number of hydrogen-bond donors (Lipinski definition) is 1. The molecule has 0 spiro atoms. The average Bonchev–Trinajstić information content (AvgIpc) is 3.27. The molecule has 0 fully saturated rings. The van der Waals surface area contributed by atoms with E-state index in [1.165, 1.54) is 35.8 Å². The van der Waals surface area contributed by atoms with Gasteiger partial charge >= 0.3 is 11.9 Å². The number of hydrogen-bond acceptors (Lipinski definition) is 6. The van der Waals surface area contributed by atoms with Gasteiger partial charge in [-0.15, -0.1) is 11.3 Å². The smallest absolute Gasteiger partial charge is 0.349 e. The van der Waals surface area contributed by atoms with Gasteiger partial charge in [-0.05, 0) is 57.2 Å². The van der Waals surface area contributed by atoms with Gasteiger partial charge in [-0.3, -0.25) is 4.79 Å². The molecule has 1 unspecified atom stereocenters. The Balaban J connectivity index is 1.75. The molecule has 7 heteroatoms. The van der Waals surface area contributed by atoms with Crippen molar-refractivity contribution in [1.82, 2.24) is 4.98 Å². The van der Waals surface area contributed by atoms with Gasteiger partial charge in [0.1, 0.15) is 4.88 Å². The fourth-order valence-corrected chi connectivity index (χ4v) is 4.45. The minimum Gasteiger partial charge on any atom is -0.465 e. The Morgan fingerprint density at radius 1 is 1.19 bits per heavy atom. The summed E-state index contributed by atoms with van der Waals surface area (Å²) < 4.78 is 10.1. The molecule has 1 aliphatic carbocycles. The summed E-state index contributed by atoms with van der Waals surface area (Å²) in [4.78, 5) is 41.6. The predicted molar refractivity (Wildman–Crippen MR) is 97.2 cm³/mol. The van der Waals surface area contributed by atoms with Gasteiger partial charge in [0, 0.05) is 10.6 Å². The van der Waals surface area contributed by atoms with Crippen molar-refractivity contribution in [3.8, 4) is 0 Å². The Kier molecular flexibility index (Phi) is 5.00. The molecule has 0 saturated heterocycles. The minimum atomic E-state index is -0.957. The number of ketones is 1. The van der Waals surface area contributed by atoms with E-state index in [1.54, 1.807) is 13.8 Å². The Hall–Kier alpha value is -2.41. The standard InChI is InChI=1S/C19H21NO5S/c1-9-15(19(23)24-4)10(2)20-16(9)17(21)11(3)25-18(22)14-8-12-6-5-7-13(12)26-14/h8,11,20H,5-7H2,1-4H3. The van der Waals surface area contributed by atoms with E-state index in [0.717, 1.165) is 19.3 Å². The first-order valence-electron chi connectivity index (χ1n) is 8.47. The summed E-state index contributed by atoms with van der Waals surface area (Å²) in [6.45, 7) is 4.90. The van der Waals surface area contributed by atoms with Crippen molar-refractivity contribution in [3.05, 3.63) is 43.9 Å². The Morgan fingerprint density at radius 2 is 1.92 bits per heavy atom. The summed E-state index contributed by atoms with van der Waals surface area (Å²) in [5.74, 6) is -1.37. The number of Topliss-reactive ketones (excluding diaryl/α,β-unsaturated/α-hetero) is 1. The van der Waals surface area contributed by atoms with E-state index in [2.05, 4.69) is 4.98 Å². The lowest BCUT2D eigenvalue weighted by atomic mass is 10.1. The van der Waals surface area contributed by atoms with Gasteiger partial charge in [-0.2, -0.15) is 0 Å². The number of carbonyl (C=O) groups is 3. The number of aryl methyl sites for hydroxylation is 3. The highest BCUT2D eigenvalue weighted by Gasteiger charge is 2.28. The van der Waals surface area contributed by atoms with Gasteiger partial charge in [0.25, 0.3) is 0 Å². The molecule has 26 heavy (non-hydrogen) atoms. The van der Waals surface area contributed by atoms with Crippen LogP contribution in [0.1, 0.15) is 65.6 Å². The van der Waals surface area contributed by atoms with Crippen molar-refractivity contribution in [2.45, 2.75) is 46.1 Å². The molecule has 0 radical (unpaired) electrons. The van der Waals surface area contributed by atoms with Crippen LogP contribution in [-0.2, 0) is 22.3 Å². The van der Waals surface area contributed by atoms with Crippen LogP contribution in [0.2, 0.25) is 0 Å². The number of fused-ring (bicyclic) bond motifs is 1. The lowest BCUT2D eigenvalue weighted by Crippen LogP contribution is -2.25. The van der Waals surface area contributed by atoms with Gasteiger partial charge < -0.3 is 14.5 Å². The quantitative estimate of drug-likeness (QED) is 0.639. The molecule has 2 aromatic rings. The summed E-state index contributed by atoms with van der Waals surface area (Å²) in [6, 6.07) is 1.87. The first-order chi connectivity index (χ1) is 12.3. The van der Waals surface area contributed by atoms with E-state index in [4.69, 9.17) is 9.47 Å². The monoisotopic (exact) mass is 375 g/mol. The van der Waals surface area contributed by atoms with Crippen LogP contribution in [-0.4, -0.2) is 35.9 Å². The number of rotatable bonds is 5. The summed E-state index contributed by atoms with van der Waals surface area (Å²) in [5, 5.41) is 0. The zero-order chi connectivity index (χ0) is 19.0. The second-order valence-corrected chi connectivity index (χ2v) is 7.58. The van der Waals surface area contributed by atoms with Crippen molar-refractivity contribution in [2.75, 3.05) is 7.11 Å². The molecule has 0 bridgehead atoms. The zero-order valence-corrected chi connectivity index (χ0v) is 16.0. The number of ether oxygens (including phenoxy) is 2. The zero-order valence-electron chi connectivity index (χ0n) is 15.2. The van der Waals surface area contributed by atoms with Crippen molar-refractivity contribution in [3.63, 3.8) is 0 Å². The van der Waals surface area contributed by atoms with Crippen LogP contribution in [0.25, 0.3) is 0 Å². The number of H-pyrrole nitrogens is 1. The third-order valence-electron chi connectivity index (χ3n) is 4.67. The molecule has 1 aliphatic rings. The number of aromatic nitrogens is 1. The molecule has 2 aromatic heterocycles. The van der Waals surface area contributed by atoms with Crippen LogP contribution in [0.3, 0.4) is 0 Å². The van der Waals surface area contributed by atoms with Crippen LogP contribution in [0.4, 0.5) is 0 Å². The molecule has 6 nitrogen and oxygen atoms in total. The third kappa shape index (κ3) is 3.19. The first-order valence-corrected chi connectivity index (χ1v) is 9.29. The van der Waals surface area contributed by atoms with Crippen LogP contribution < -0.4 is 0 Å². The van der Waals surface area contributed by atoms with Gasteiger partial charge in [-0.25, -0.2) is 9.59 Å². The lowest BCUT2D eigenvalue weighted by molar-refractivity contribution is 0.0321. The van der Waals surface area contributed by atoms with Crippen molar-refractivity contribution in [2.24, 2.45) is 0 Å². The molecule has 0 saturated carbocycles. The number of aromatic amines is 1. The maximum Gasteiger partial charge on any atom is 0.349 e. The second-order valence-electron chi connectivity index (χ2n) is 6.44. The molecule has 0 aliphatic heterocycles. The topological polar surface area (TPSA) is 85.5 Å². The van der Waals surface area contributed by atoms with E-state index in [0.29, 0.717) is 21.7 Å². The maximum atomic E-state index is 12.7. The van der Waals surface area contributed by atoms with Gasteiger partial charge in [0.15, 0.2) is 6.10 Å². The van der Waals surface area contributed by atoms with E-state index in [1.807, 2.05) is 6.07 Å². The van der Waals surface area contributed by atoms with Gasteiger partial charge in [0.2, 0.25) is 5.78 Å². The SMILES string of the molecule is COC(=O)c1c(C)[nH]c(C(=O)C(C)OC(=O)c2cc3c(s2)CCC3)c1C. The van der Waals surface area contributed by atoms with Crippen molar-refractivity contribution in [1.29, 1.82) is 0 Å². The minimum absolute atomic E-state index is 0.261. The molecule has 1 atom stereocenters. The molecule has 2 heterocycles. The molecule has 138 valence electrons. The highest BCUT2D eigenvalue weighted by molar-refractivity contribution is 7.14. The van der Waals surface area contributed by atoms with Crippen LogP contribution in [0.5, 0.6) is 0 Å². The van der Waals surface area contributed by atoms with Crippen molar-refractivity contribution >= 4 is 29.1 Å². The number of methoxy groups -OCH3 is 1. The molecular formula is C19H21NO5S. The van der Waals surface area contributed by atoms with E-state index in [9.17, 15) is 14.4 Å². The van der Waals surface area contributed by atoms with Crippen molar-refractivity contribution < 1.29 is 23.9 Å². The van der Waals surface area contributed by atoms with E-state index >= 15 is 0 Å². The molecule has 1 N–H and O–H groups in total. The average molecular weight is 375 g/mol. The summed E-state index contributed by atoms with van der Waals surface area (Å²) in [6.07, 6.45) is 2.16. The highest BCUT2D eigenvalue weighted by Crippen LogP contribution is 2.31. The summed E-state index contributed by atoms with van der Waals surface area (Å²) in [5.41, 5.74) is 2.85. The van der Waals surface area contributed by atoms with E-state index in [-0.39, 0.29) is 11.5 Å². The van der Waals surface area contributed by atoms with Gasteiger partial charge in [-0.1, -0.05) is 0 Å². The Morgan fingerprint density at radius 3 is 2.58 bits per heavy atom. The predicted octanol–water partition coefficient (Wildman–Crippen LogP) is 3.40. The van der Waals surface area contributed by atoms with E-state index < -0.39 is 18.0 Å². The van der Waals surface area contributed by atoms with Gasteiger partial charge in [0.05, 0.1) is 18.4 Å². The molecular weight excluding hydrogens is 354 g/mol. The number of thiophene rings is 1. The molecule has 0 aromatic carbocycles. The third-order valence-corrected chi connectivity index (χ3v) is 5.89. The fraction of sp³-hybridized carbons (Fsp3) is 0.421. The summed E-state index contributed by atoms with van der Waals surface area (Å²) in [7, 11) is 1.29. The normalized spacial score (nSPS) is 14.0. The highest BCUT2D eigenvalue weighted by atomic mass is 32.1. The number of carbonyl (C=O) groups excluding carboxylic acids is 3. The fourth-order valence-electron chi connectivity index (χ4n) is 3.31. The summed E-state index contributed by atoms with van der Waals surface area (Å²) >= 11 is 1.44. The maximum absolute atomic E-state index is 12.7.